The summed E-state index contributed by atoms with van der Waals surface area (Å²) in [6.45, 7) is 2.25. The molecular formula is C22H19FN6O2. The Labute approximate surface area is 177 Å². The number of carbonyl (C=O) groups excluding carboxylic acids is 1. The monoisotopic (exact) mass is 418 g/mol. The third-order valence-electron chi connectivity index (χ3n) is 5.18. The van der Waals surface area contributed by atoms with E-state index in [-0.39, 0.29) is 11.7 Å². The number of hydrogen-bond donors (Lipinski definition) is 1. The van der Waals surface area contributed by atoms with E-state index in [1.165, 1.54) is 12.1 Å². The standard InChI is InChI=1S/C22H19FN6O2/c23-15-5-7-16(8-6-15)31-19-9-10-24-22(25-19)29-13-11-28(12-14-29)21(30)20-17-3-1-2-4-18(17)26-27-20/h1-10H,11-14H2,(H,26,27). The average molecular weight is 418 g/mol. The maximum Gasteiger partial charge on any atom is 0.275 e. The van der Waals surface area contributed by atoms with Gasteiger partial charge in [-0.1, -0.05) is 18.2 Å². The van der Waals surface area contributed by atoms with E-state index in [0.717, 1.165) is 10.9 Å². The van der Waals surface area contributed by atoms with Crippen molar-refractivity contribution in [3.63, 3.8) is 0 Å². The number of fused-ring (bicyclic) bond motifs is 1. The third kappa shape index (κ3) is 3.89. The number of piperazine rings is 1. The van der Waals surface area contributed by atoms with E-state index in [4.69, 9.17) is 4.74 Å². The number of halogens is 1. The van der Waals surface area contributed by atoms with Crippen LogP contribution in [0.3, 0.4) is 0 Å². The molecule has 1 aliphatic heterocycles. The lowest BCUT2D eigenvalue weighted by Gasteiger charge is -2.34. The molecule has 1 N–H and O–H groups in total. The Balaban J connectivity index is 1.25. The zero-order valence-corrected chi connectivity index (χ0v) is 16.5. The number of para-hydroxylation sites is 1. The maximum absolute atomic E-state index is 13.1. The predicted molar refractivity (Wildman–Crippen MR) is 113 cm³/mol. The maximum atomic E-state index is 13.1. The number of ether oxygens (including phenoxy) is 1. The summed E-state index contributed by atoms with van der Waals surface area (Å²) in [5.41, 5.74) is 1.28. The summed E-state index contributed by atoms with van der Waals surface area (Å²) >= 11 is 0. The van der Waals surface area contributed by atoms with Crippen LogP contribution in [0, 0.1) is 5.82 Å². The Kier molecular flexibility index (Phi) is 4.91. The number of aromatic nitrogens is 4. The van der Waals surface area contributed by atoms with Crippen LogP contribution < -0.4 is 9.64 Å². The topological polar surface area (TPSA) is 87.2 Å². The number of anilines is 1. The first-order chi connectivity index (χ1) is 15.2. The molecule has 0 aliphatic carbocycles. The Hall–Kier alpha value is -4.01. The molecule has 3 heterocycles. The van der Waals surface area contributed by atoms with Gasteiger partial charge in [-0.25, -0.2) is 9.37 Å². The van der Waals surface area contributed by atoms with Crippen molar-refractivity contribution < 1.29 is 13.9 Å². The number of nitrogens with zero attached hydrogens (tertiary/aromatic N) is 5. The second-order valence-corrected chi connectivity index (χ2v) is 7.15. The van der Waals surface area contributed by atoms with Crippen LogP contribution in [0.5, 0.6) is 11.6 Å². The summed E-state index contributed by atoms with van der Waals surface area (Å²) in [6.07, 6.45) is 1.62. The van der Waals surface area contributed by atoms with Crippen molar-refractivity contribution in [1.29, 1.82) is 0 Å². The highest BCUT2D eigenvalue weighted by Gasteiger charge is 2.26. The number of benzene rings is 2. The molecule has 0 spiro atoms. The van der Waals surface area contributed by atoms with Crippen molar-refractivity contribution in [2.45, 2.75) is 0 Å². The largest absolute Gasteiger partial charge is 0.439 e. The number of hydrogen-bond acceptors (Lipinski definition) is 6. The van der Waals surface area contributed by atoms with E-state index in [9.17, 15) is 9.18 Å². The fraction of sp³-hybridized carbons (Fsp3) is 0.182. The lowest BCUT2D eigenvalue weighted by Crippen LogP contribution is -2.49. The van der Waals surface area contributed by atoms with E-state index >= 15 is 0 Å². The van der Waals surface area contributed by atoms with E-state index in [0.29, 0.717) is 49.5 Å². The van der Waals surface area contributed by atoms with Gasteiger partial charge in [0, 0.05) is 43.8 Å². The van der Waals surface area contributed by atoms with E-state index in [2.05, 4.69) is 20.2 Å². The molecule has 156 valence electrons. The van der Waals surface area contributed by atoms with Crippen LogP contribution in [0.15, 0.2) is 60.8 Å². The van der Waals surface area contributed by atoms with Gasteiger partial charge in [0.1, 0.15) is 11.6 Å². The van der Waals surface area contributed by atoms with Crippen molar-refractivity contribution in [2.24, 2.45) is 0 Å². The first-order valence-corrected chi connectivity index (χ1v) is 9.91. The molecule has 1 fully saturated rings. The number of carbonyl (C=O) groups is 1. The second kappa shape index (κ2) is 8.02. The fourth-order valence-corrected chi connectivity index (χ4v) is 3.55. The molecule has 31 heavy (non-hydrogen) atoms. The van der Waals surface area contributed by atoms with Crippen molar-refractivity contribution in [3.8, 4) is 11.6 Å². The molecule has 2 aromatic heterocycles. The van der Waals surface area contributed by atoms with Crippen molar-refractivity contribution in [1.82, 2.24) is 25.1 Å². The average Bonchev–Trinajstić information content (AvgIpc) is 3.25. The van der Waals surface area contributed by atoms with Gasteiger partial charge in [-0.3, -0.25) is 9.89 Å². The predicted octanol–water partition coefficient (Wildman–Crippen LogP) is 3.25. The molecule has 0 atom stereocenters. The summed E-state index contributed by atoms with van der Waals surface area (Å²) in [5, 5.41) is 7.94. The molecule has 0 saturated carbocycles. The minimum atomic E-state index is -0.328. The minimum absolute atomic E-state index is 0.0913. The van der Waals surface area contributed by atoms with E-state index in [1.807, 2.05) is 29.2 Å². The van der Waals surface area contributed by atoms with Gasteiger partial charge in [-0.05, 0) is 30.3 Å². The lowest BCUT2D eigenvalue weighted by molar-refractivity contribution is 0.0742. The van der Waals surface area contributed by atoms with Crippen LogP contribution in [-0.2, 0) is 0 Å². The smallest absolute Gasteiger partial charge is 0.275 e. The summed E-state index contributed by atoms with van der Waals surface area (Å²) < 4.78 is 18.8. The number of rotatable bonds is 4. The van der Waals surface area contributed by atoms with Crippen LogP contribution >= 0.6 is 0 Å². The first-order valence-electron chi connectivity index (χ1n) is 9.91. The molecule has 2 aromatic carbocycles. The zero-order valence-electron chi connectivity index (χ0n) is 16.5. The minimum Gasteiger partial charge on any atom is -0.439 e. The van der Waals surface area contributed by atoms with Gasteiger partial charge in [-0.15, -0.1) is 0 Å². The summed E-state index contributed by atoms with van der Waals surface area (Å²) in [4.78, 5) is 25.5. The number of H-pyrrole nitrogens is 1. The van der Waals surface area contributed by atoms with Crippen LogP contribution in [-0.4, -0.2) is 57.2 Å². The molecule has 0 radical (unpaired) electrons. The van der Waals surface area contributed by atoms with Crippen molar-refractivity contribution in [3.05, 3.63) is 72.3 Å². The van der Waals surface area contributed by atoms with Gasteiger partial charge in [0.25, 0.3) is 5.91 Å². The summed E-state index contributed by atoms with van der Waals surface area (Å²) in [5.74, 6) is 0.972. The molecule has 4 aromatic rings. The molecule has 5 rings (SSSR count). The molecule has 0 unspecified atom stereocenters. The van der Waals surface area contributed by atoms with Crippen LogP contribution in [0.2, 0.25) is 0 Å². The molecule has 8 nitrogen and oxygen atoms in total. The van der Waals surface area contributed by atoms with Crippen molar-refractivity contribution >= 4 is 22.8 Å². The highest BCUT2D eigenvalue weighted by atomic mass is 19.1. The molecular weight excluding hydrogens is 399 g/mol. The van der Waals surface area contributed by atoms with Crippen LogP contribution in [0.4, 0.5) is 10.3 Å². The Morgan fingerprint density at radius 1 is 1.00 bits per heavy atom. The van der Waals surface area contributed by atoms with Gasteiger partial charge in [0.05, 0.1) is 5.52 Å². The molecule has 1 aliphatic rings. The van der Waals surface area contributed by atoms with Gasteiger partial charge in [-0.2, -0.15) is 10.1 Å². The SMILES string of the molecule is O=C(c1n[nH]c2ccccc12)N1CCN(c2nccc(Oc3ccc(F)cc3)n2)CC1. The number of nitrogens with one attached hydrogen (secondary N) is 1. The van der Waals surface area contributed by atoms with Gasteiger partial charge >= 0.3 is 0 Å². The normalized spacial score (nSPS) is 14.1. The Morgan fingerprint density at radius 3 is 2.58 bits per heavy atom. The van der Waals surface area contributed by atoms with Gasteiger partial charge < -0.3 is 14.5 Å². The zero-order chi connectivity index (χ0) is 21.2. The van der Waals surface area contributed by atoms with Crippen LogP contribution in [0.25, 0.3) is 10.9 Å². The molecule has 1 amide bonds. The Morgan fingerprint density at radius 2 is 1.77 bits per heavy atom. The molecule has 9 heteroatoms. The summed E-state index contributed by atoms with van der Waals surface area (Å²) in [7, 11) is 0. The molecule has 1 saturated heterocycles. The second-order valence-electron chi connectivity index (χ2n) is 7.15. The van der Waals surface area contributed by atoms with Crippen molar-refractivity contribution in [2.75, 3.05) is 31.1 Å². The third-order valence-corrected chi connectivity index (χ3v) is 5.18. The number of amides is 1. The quantitative estimate of drug-likeness (QED) is 0.548. The fourth-order valence-electron chi connectivity index (χ4n) is 3.55. The Bertz CT molecular complexity index is 1220. The summed E-state index contributed by atoms with van der Waals surface area (Å²) in [6, 6.07) is 15.0. The van der Waals surface area contributed by atoms with Gasteiger partial charge in [0.15, 0.2) is 5.69 Å². The van der Waals surface area contributed by atoms with E-state index in [1.54, 1.807) is 29.3 Å². The first kappa shape index (κ1) is 19.0. The molecule has 0 bridgehead atoms. The van der Waals surface area contributed by atoms with Crippen LogP contribution in [0.1, 0.15) is 10.5 Å². The van der Waals surface area contributed by atoms with E-state index < -0.39 is 0 Å². The highest BCUT2D eigenvalue weighted by Crippen LogP contribution is 2.22. The lowest BCUT2D eigenvalue weighted by atomic mass is 10.2. The number of aromatic amines is 1. The van der Waals surface area contributed by atoms with Gasteiger partial charge in [0.2, 0.25) is 11.8 Å². The highest BCUT2D eigenvalue weighted by molar-refractivity contribution is 6.04.